The summed E-state index contributed by atoms with van der Waals surface area (Å²) in [6.07, 6.45) is 6.98. The Bertz CT molecular complexity index is 689. The summed E-state index contributed by atoms with van der Waals surface area (Å²) in [5.74, 6) is 3.47. The van der Waals surface area contributed by atoms with Crippen LogP contribution in [0.15, 0.2) is 28.1 Å². The van der Waals surface area contributed by atoms with Crippen molar-refractivity contribution in [2.75, 3.05) is 27.8 Å². The number of carbonyl (C=O) groups excluding carboxylic acids is 1. The quantitative estimate of drug-likeness (QED) is 0.631. The lowest BCUT2D eigenvalue weighted by atomic mass is 10.2. The van der Waals surface area contributed by atoms with E-state index in [0.29, 0.717) is 21.6 Å². The molecule has 0 aliphatic carbocycles. The summed E-state index contributed by atoms with van der Waals surface area (Å²) in [5.41, 5.74) is 0.839. The normalized spacial score (nSPS) is 17.9. The fourth-order valence-corrected chi connectivity index (χ4v) is 2.84. The average molecular weight is 316 g/mol. The highest BCUT2D eigenvalue weighted by Crippen LogP contribution is 2.33. The van der Waals surface area contributed by atoms with Gasteiger partial charge in [0.1, 0.15) is 6.61 Å². The maximum Gasteiger partial charge on any atom is 0.266 e. The van der Waals surface area contributed by atoms with E-state index in [1.54, 1.807) is 39.4 Å². The Labute approximate surface area is 134 Å². The molecule has 2 rings (SSSR count). The zero-order valence-electron chi connectivity index (χ0n) is 12.6. The molecule has 0 radical (unpaired) electrons. The third-order valence-corrected chi connectivity index (χ3v) is 4.14. The van der Waals surface area contributed by atoms with Gasteiger partial charge < -0.3 is 9.47 Å². The fourth-order valence-electron chi connectivity index (χ4n) is 1.91. The zero-order valence-corrected chi connectivity index (χ0v) is 13.4. The number of terminal acetylenes is 1. The number of likely N-dealkylation sites (N-methyl/N-ethyl adjacent to an activating group) is 1. The topological polar surface area (TPSA) is 51.1 Å². The van der Waals surface area contributed by atoms with E-state index >= 15 is 0 Å². The molecule has 0 aromatic heterocycles. The van der Waals surface area contributed by atoms with Gasteiger partial charge in [0.05, 0.1) is 12.0 Å². The molecule has 0 N–H and O–H groups in total. The molecular weight excluding hydrogens is 300 g/mol. The summed E-state index contributed by atoms with van der Waals surface area (Å²) in [5, 5.41) is 0.678. The Morgan fingerprint density at radius 1 is 1.45 bits per heavy atom. The van der Waals surface area contributed by atoms with E-state index in [-0.39, 0.29) is 12.5 Å². The molecule has 0 bridgehead atoms. The molecule has 6 heteroatoms. The van der Waals surface area contributed by atoms with E-state index in [4.69, 9.17) is 15.9 Å². The molecule has 1 saturated heterocycles. The first kappa shape index (κ1) is 16.0. The van der Waals surface area contributed by atoms with E-state index in [0.717, 1.165) is 5.56 Å². The highest BCUT2D eigenvalue weighted by molar-refractivity contribution is 8.18. The van der Waals surface area contributed by atoms with Crippen molar-refractivity contribution in [1.29, 1.82) is 0 Å². The van der Waals surface area contributed by atoms with Crippen LogP contribution < -0.4 is 9.47 Å². The van der Waals surface area contributed by atoms with Crippen molar-refractivity contribution < 1.29 is 14.3 Å². The van der Waals surface area contributed by atoms with E-state index in [2.05, 4.69) is 10.9 Å². The Kier molecular flexibility index (Phi) is 5.12. The van der Waals surface area contributed by atoms with Crippen molar-refractivity contribution in [3.63, 3.8) is 0 Å². The van der Waals surface area contributed by atoms with E-state index in [9.17, 15) is 4.79 Å². The monoisotopic (exact) mass is 316 g/mol. The van der Waals surface area contributed by atoms with Crippen LogP contribution in [0.4, 0.5) is 0 Å². The number of hydrogen-bond acceptors (Lipinski definition) is 5. The molecule has 22 heavy (non-hydrogen) atoms. The molecule has 1 amide bonds. The number of aliphatic imine (C=N–C) groups is 1. The lowest BCUT2D eigenvalue weighted by Crippen LogP contribution is -2.23. The van der Waals surface area contributed by atoms with Crippen molar-refractivity contribution in [3.8, 4) is 23.8 Å². The highest BCUT2D eigenvalue weighted by atomic mass is 32.2. The van der Waals surface area contributed by atoms with E-state index in [1.165, 1.54) is 16.7 Å². The lowest BCUT2D eigenvalue weighted by molar-refractivity contribution is -0.121. The van der Waals surface area contributed by atoms with Gasteiger partial charge in [0, 0.05) is 14.1 Å². The first-order valence-corrected chi connectivity index (χ1v) is 7.31. The van der Waals surface area contributed by atoms with Crippen LogP contribution in [0, 0.1) is 12.3 Å². The molecule has 0 spiro atoms. The summed E-state index contributed by atoms with van der Waals surface area (Å²) in [7, 11) is 4.92. The number of rotatable bonds is 4. The SMILES string of the molecule is C#CCOc1ccc(/C=C2/SC(=NC)N(C)C2=O)cc1OC. The minimum Gasteiger partial charge on any atom is -0.493 e. The van der Waals surface area contributed by atoms with Crippen molar-refractivity contribution in [2.45, 2.75) is 0 Å². The van der Waals surface area contributed by atoms with Crippen molar-refractivity contribution in [3.05, 3.63) is 28.7 Å². The minimum atomic E-state index is -0.0720. The smallest absolute Gasteiger partial charge is 0.266 e. The van der Waals surface area contributed by atoms with Crippen LogP contribution in [-0.2, 0) is 4.79 Å². The van der Waals surface area contributed by atoms with E-state index in [1.807, 2.05) is 6.07 Å². The second-order valence-corrected chi connectivity index (χ2v) is 5.39. The number of amidine groups is 1. The molecule has 114 valence electrons. The number of ether oxygens (including phenoxy) is 2. The summed E-state index contributed by atoms with van der Waals surface area (Å²) in [4.78, 5) is 18.3. The molecule has 1 aliphatic rings. The third kappa shape index (κ3) is 3.26. The maximum atomic E-state index is 12.1. The molecule has 1 aromatic rings. The Morgan fingerprint density at radius 2 is 2.23 bits per heavy atom. The molecule has 0 atom stereocenters. The molecule has 1 aliphatic heterocycles. The Morgan fingerprint density at radius 3 is 2.82 bits per heavy atom. The predicted molar refractivity (Wildman–Crippen MR) is 89.0 cm³/mol. The minimum absolute atomic E-state index is 0.0720. The van der Waals surface area contributed by atoms with Gasteiger partial charge >= 0.3 is 0 Å². The zero-order chi connectivity index (χ0) is 16.1. The summed E-state index contributed by atoms with van der Waals surface area (Å²) in [6.45, 7) is 0.173. The fraction of sp³-hybridized carbons (Fsp3) is 0.250. The highest BCUT2D eigenvalue weighted by Gasteiger charge is 2.29. The number of amides is 1. The van der Waals surface area contributed by atoms with Crippen molar-refractivity contribution in [1.82, 2.24) is 4.90 Å². The number of benzene rings is 1. The molecule has 5 nitrogen and oxygen atoms in total. The van der Waals surface area contributed by atoms with Gasteiger partial charge in [-0.25, -0.2) is 0 Å². The van der Waals surface area contributed by atoms with Gasteiger partial charge in [-0.15, -0.1) is 6.42 Å². The standard InChI is InChI=1S/C16H16N2O3S/c1-5-8-21-12-7-6-11(9-13(12)20-4)10-14-15(19)18(3)16(17-2)22-14/h1,6-7,9-10H,8H2,2-4H3/b14-10+,17-16?. The number of methoxy groups -OCH3 is 1. The van der Waals surface area contributed by atoms with Crippen LogP contribution in [0.2, 0.25) is 0 Å². The lowest BCUT2D eigenvalue weighted by Gasteiger charge is -2.09. The van der Waals surface area contributed by atoms with Crippen molar-refractivity contribution >= 4 is 28.9 Å². The number of thioether (sulfide) groups is 1. The van der Waals surface area contributed by atoms with Gasteiger partial charge in [-0.3, -0.25) is 14.7 Å². The van der Waals surface area contributed by atoms with Crippen LogP contribution in [0.5, 0.6) is 11.5 Å². The van der Waals surface area contributed by atoms with E-state index < -0.39 is 0 Å². The van der Waals surface area contributed by atoms with Crippen LogP contribution in [0.3, 0.4) is 0 Å². The first-order valence-electron chi connectivity index (χ1n) is 6.49. The van der Waals surface area contributed by atoms with Gasteiger partial charge in [-0.05, 0) is 35.5 Å². The van der Waals surface area contributed by atoms with Crippen LogP contribution >= 0.6 is 11.8 Å². The van der Waals surface area contributed by atoms with Gasteiger partial charge in [-0.1, -0.05) is 12.0 Å². The predicted octanol–water partition coefficient (Wildman–Crippen LogP) is 2.24. The summed E-state index contributed by atoms with van der Waals surface area (Å²) >= 11 is 1.34. The van der Waals surface area contributed by atoms with Crippen molar-refractivity contribution in [2.24, 2.45) is 4.99 Å². The van der Waals surface area contributed by atoms with Gasteiger partial charge in [0.2, 0.25) is 0 Å². The van der Waals surface area contributed by atoms with Gasteiger partial charge in [-0.2, -0.15) is 0 Å². The number of carbonyl (C=O) groups is 1. The molecule has 0 unspecified atom stereocenters. The second kappa shape index (κ2) is 7.05. The molecular formula is C16H16N2O3S. The summed E-state index contributed by atoms with van der Waals surface area (Å²) in [6, 6.07) is 5.41. The third-order valence-electron chi connectivity index (χ3n) is 2.99. The molecule has 1 fully saturated rings. The summed E-state index contributed by atoms with van der Waals surface area (Å²) < 4.78 is 10.7. The van der Waals surface area contributed by atoms with Crippen LogP contribution in [-0.4, -0.2) is 43.8 Å². The maximum absolute atomic E-state index is 12.1. The number of hydrogen-bond donors (Lipinski definition) is 0. The van der Waals surface area contributed by atoms with Gasteiger partial charge in [0.15, 0.2) is 16.7 Å². The first-order chi connectivity index (χ1) is 10.6. The van der Waals surface area contributed by atoms with Crippen LogP contribution in [0.1, 0.15) is 5.56 Å². The Balaban J connectivity index is 2.29. The number of nitrogens with zero attached hydrogens (tertiary/aromatic N) is 2. The molecule has 1 heterocycles. The van der Waals surface area contributed by atoms with Gasteiger partial charge in [0.25, 0.3) is 5.91 Å². The largest absolute Gasteiger partial charge is 0.493 e. The average Bonchev–Trinajstić information content (AvgIpc) is 2.81. The Hall–Kier alpha value is -2.39. The second-order valence-electron chi connectivity index (χ2n) is 4.38. The molecule has 1 aromatic carbocycles. The van der Waals surface area contributed by atoms with Crippen LogP contribution in [0.25, 0.3) is 6.08 Å². The molecule has 0 saturated carbocycles.